The number of rotatable bonds is 5. The van der Waals surface area contributed by atoms with E-state index < -0.39 is 5.97 Å². The molecule has 1 N–H and O–H groups in total. The molecule has 0 atom stereocenters. The minimum Gasteiger partial charge on any atom is -0.458 e. The first-order valence-electron chi connectivity index (χ1n) is 5.36. The smallest absolute Gasteiger partial charge is 0.331 e. The third-order valence-corrected chi connectivity index (χ3v) is 2.08. The Morgan fingerprint density at radius 1 is 1.39 bits per heavy atom. The van der Waals surface area contributed by atoms with Crippen molar-refractivity contribution in [3.63, 3.8) is 0 Å². The van der Waals surface area contributed by atoms with Gasteiger partial charge in [-0.05, 0) is 17.7 Å². The zero-order valence-electron chi connectivity index (χ0n) is 9.74. The summed E-state index contributed by atoms with van der Waals surface area (Å²) in [4.78, 5) is 11.3. The number of ether oxygens (including phenoxy) is 1. The molecule has 0 spiro atoms. The minimum atomic E-state index is -0.495. The fourth-order valence-electron chi connectivity index (χ4n) is 1.15. The first kappa shape index (κ1) is 13.7. The molecule has 4 nitrogen and oxygen atoms in total. The number of carbonyl (C=O) groups excluding carboxylic acids is 1. The molecule has 0 aliphatic rings. The fourth-order valence-corrected chi connectivity index (χ4v) is 1.15. The van der Waals surface area contributed by atoms with Gasteiger partial charge in [0.2, 0.25) is 0 Å². The third kappa shape index (κ3) is 5.10. The van der Waals surface area contributed by atoms with Crippen LogP contribution in [0.3, 0.4) is 0 Å². The van der Waals surface area contributed by atoms with Crippen molar-refractivity contribution in [2.75, 3.05) is 13.2 Å². The molecule has 92 valence electrons. The molecule has 0 heterocycles. The molecule has 1 rings (SSSR count). The quantitative estimate of drug-likeness (QED) is 0.485. The van der Waals surface area contributed by atoms with Crippen LogP contribution < -0.4 is 0 Å². The van der Waals surface area contributed by atoms with Gasteiger partial charge in [0.25, 0.3) is 0 Å². The molecule has 0 aliphatic carbocycles. The van der Waals surface area contributed by atoms with Crippen molar-refractivity contribution in [2.45, 2.75) is 0 Å². The molecular formula is C14H13NO3. The van der Waals surface area contributed by atoms with E-state index in [0.29, 0.717) is 0 Å². The molecule has 0 amide bonds. The summed E-state index contributed by atoms with van der Waals surface area (Å²) in [6.45, 7) is -0.380. The summed E-state index contributed by atoms with van der Waals surface area (Å²) in [5, 5.41) is 17.2. The summed E-state index contributed by atoms with van der Waals surface area (Å²) in [6, 6.07) is 11.1. The van der Waals surface area contributed by atoms with E-state index in [2.05, 4.69) is 0 Å². The predicted octanol–water partition coefficient (Wildman–Crippen LogP) is 1.69. The first-order valence-corrected chi connectivity index (χ1v) is 5.36. The zero-order chi connectivity index (χ0) is 13.2. The van der Waals surface area contributed by atoms with Gasteiger partial charge in [-0.3, -0.25) is 0 Å². The second-order valence-corrected chi connectivity index (χ2v) is 3.37. The molecule has 0 bridgehead atoms. The molecule has 0 saturated heterocycles. The summed E-state index contributed by atoms with van der Waals surface area (Å²) >= 11 is 0. The van der Waals surface area contributed by atoms with Gasteiger partial charge in [0, 0.05) is 6.08 Å². The van der Waals surface area contributed by atoms with Crippen LogP contribution in [-0.2, 0) is 9.53 Å². The van der Waals surface area contributed by atoms with E-state index in [1.165, 1.54) is 12.2 Å². The molecule has 1 aromatic rings. The number of nitrogens with zero attached hydrogens (tertiary/aromatic N) is 1. The van der Waals surface area contributed by atoms with Crippen LogP contribution in [0.1, 0.15) is 5.56 Å². The van der Waals surface area contributed by atoms with Gasteiger partial charge in [-0.2, -0.15) is 5.26 Å². The van der Waals surface area contributed by atoms with E-state index in [4.69, 9.17) is 15.1 Å². The number of aliphatic hydroxyl groups is 1. The minimum absolute atomic E-state index is 0.0264. The summed E-state index contributed by atoms with van der Waals surface area (Å²) in [6.07, 6.45) is 4.33. The van der Waals surface area contributed by atoms with E-state index in [1.54, 1.807) is 12.1 Å². The number of benzene rings is 1. The van der Waals surface area contributed by atoms with E-state index >= 15 is 0 Å². The van der Waals surface area contributed by atoms with Crippen LogP contribution in [0.2, 0.25) is 0 Å². The highest BCUT2D eigenvalue weighted by molar-refractivity contribution is 5.87. The van der Waals surface area contributed by atoms with Crippen LogP contribution in [0, 0.1) is 11.3 Å². The number of hydrogen-bond donors (Lipinski definition) is 1. The molecule has 4 heteroatoms. The summed E-state index contributed by atoms with van der Waals surface area (Å²) in [5.74, 6) is -0.495. The van der Waals surface area contributed by atoms with Crippen molar-refractivity contribution in [3.05, 3.63) is 53.6 Å². The Morgan fingerprint density at radius 3 is 2.72 bits per heavy atom. The molecule has 0 unspecified atom stereocenters. The van der Waals surface area contributed by atoms with Gasteiger partial charge in [0.05, 0.1) is 18.2 Å². The molecule has 0 radical (unpaired) electrons. The third-order valence-electron chi connectivity index (χ3n) is 2.08. The van der Waals surface area contributed by atoms with Crippen LogP contribution in [0.4, 0.5) is 0 Å². The lowest BCUT2D eigenvalue weighted by Crippen LogP contribution is -2.01. The van der Waals surface area contributed by atoms with Gasteiger partial charge in [-0.25, -0.2) is 4.79 Å². The van der Waals surface area contributed by atoms with Crippen LogP contribution in [0.15, 0.2) is 48.1 Å². The number of carbonyl (C=O) groups is 1. The standard InChI is InChI=1S/C14H13NO3/c15-10-13(11-16)8-9-18-14(17)7-6-12-4-2-1-3-5-12/h1-8,16H,9,11H2/b7-6+,13-8+. The van der Waals surface area contributed by atoms with Crippen molar-refractivity contribution in [1.82, 2.24) is 0 Å². The number of aliphatic hydroxyl groups excluding tert-OH is 1. The van der Waals surface area contributed by atoms with Gasteiger partial charge >= 0.3 is 5.97 Å². The molecule has 0 saturated carbocycles. The Morgan fingerprint density at radius 2 is 2.11 bits per heavy atom. The van der Waals surface area contributed by atoms with E-state index in [1.807, 2.05) is 30.3 Å². The summed E-state index contributed by atoms with van der Waals surface area (Å²) in [7, 11) is 0. The molecule has 1 aromatic carbocycles. The van der Waals surface area contributed by atoms with Gasteiger partial charge in [-0.15, -0.1) is 0 Å². The maximum Gasteiger partial charge on any atom is 0.331 e. The van der Waals surface area contributed by atoms with Crippen molar-refractivity contribution in [1.29, 1.82) is 5.26 Å². The Balaban J connectivity index is 2.42. The molecule has 0 fully saturated rings. The summed E-state index contributed by atoms with van der Waals surface area (Å²) < 4.78 is 4.83. The van der Waals surface area contributed by atoms with E-state index in [0.717, 1.165) is 5.56 Å². The summed E-state index contributed by atoms with van der Waals surface area (Å²) in [5.41, 5.74) is 1.08. The van der Waals surface area contributed by atoms with Gasteiger partial charge in [-0.1, -0.05) is 30.3 Å². The number of esters is 1. The maximum atomic E-state index is 11.3. The van der Waals surface area contributed by atoms with Crippen LogP contribution in [-0.4, -0.2) is 24.3 Å². The number of nitriles is 1. The lowest BCUT2D eigenvalue weighted by atomic mass is 10.2. The Labute approximate surface area is 105 Å². The lowest BCUT2D eigenvalue weighted by Gasteiger charge is -1.97. The Bertz CT molecular complexity index is 484. The SMILES string of the molecule is N#C/C(=C\COC(=O)/C=C/c1ccccc1)CO. The van der Waals surface area contributed by atoms with Gasteiger partial charge in [0.15, 0.2) is 0 Å². The zero-order valence-corrected chi connectivity index (χ0v) is 9.74. The normalized spacial score (nSPS) is 11.2. The average molecular weight is 243 g/mol. The highest BCUT2D eigenvalue weighted by atomic mass is 16.5. The highest BCUT2D eigenvalue weighted by Crippen LogP contribution is 2.01. The van der Waals surface area contributed by atoms with Gasteiger partial charge in [0.1, 0.15) is 6.61 Å². The topological polar surface area (TPSA) is 70.3 Å². The first-order chi connectivity index (χ1) is 8.76. The van der Waals surface area contributed by atoms with E-state index in [-0.39, 0.29) is 18.8 Å². The maximum absolute atomic E-state index is 11.3. The van der Waals surface area contributed by atoms with E-state index in [9.17, 15) is 4.79 Å². The largest absolute Gasteiger partial charge is 0.458 e. The van der Waals surface area contributed by atoms with Crippen molar-refractivity contribution < 1.29 is 14.6 Å². The van der Waals surface area contributed by atoms with Crippen LogP contribution in [0.25, 0.3) is 6.08 Å². The van der Waals surface area contributed by atoms with Gasteiger partial charge < -0.3 is 9.84 Å². The molecule has 0 aliphatic heterocycles. The Hall–Kier alpha value is -2.38. The monoisotopic (exact) mass is 243 g/mol. The second-order valence-electron chi connectivity index (χ2n) is 3.37. The highest BCUT2D eigenvalue weighted by Gasteiger charge is 1.96. The van der Waals surface area contributed by atoms with Crippen molar-refractivity contribution in [2.24, 2.45) is 0 Å². The lowest BCUT2D eigenvalue weighted by molar-refractivity contribution is -0.136. The van der Waals surface area contributed by atoms with Crippen LogP contribution in [0.5, 0.6) is 0 Å². The molecule has 0 aromatic heterocycles. The van der Waals surface area contributed by atoms with Crippen molar-refractivity contribution in [3.8, 4) is 6.07 Å². The van der Waals surface area contributed by atoms with Crippen LogP contribution >= 0.6 is 0 Å². The fraction of sp³-hybridized carbons (Fsp3) is 0.143. The molecular weight excluding hydrogens is 230 g/mol. The average Bonchev–Trinajstić information content (AvgIpc) is 2.42. The molecule has 18 heavy (non-hydrogen) atoms. The second kappa shape index (κ2) is 7.82. The van der Waals surface area contributed by atoms with Crippen molar-refractivity contribution >= 4 is 12.0 Å². The Kier molecular flexibility index (Phi) is 5.95. The number of hydrogen-bond acceptors (Lipinski definition) is 4. The predicted molar refractivity (Wildman–Crippen MR) is 67.2 cm³/mol.